The van der Waals surface area contributed by atoms with Crippen LogP contribution in [-0.2, 0) is 32.4 Å². The zero-order valence-electron chi connectivity index (χ0n) is 28.0. The zero-order chi connectivity index (χ0) is 33.7. The number of benzene rings is 2. The SMILES string of the molecule is Cc1c(C)c(S(=O)(=O)NC(N)=NCCCC(NC(=O)OC(C)(C)C)C(=O)NC(C)Cc2ccccc2)c(C)c2c1OC(C)(C)C2. The minimum Gasteiger partial charge on any atom is -0.487 e. The average molecular weight is 644 g/mol. The van der Waals surface area contributed by atoms with Gasteiger partial charge in [-0.3, -0.25) is 9.79 Å². The number of carbonyl (C=O) groups excluding carboxylic acids is 2. The van der Waals surface area contributed by atoms with Crippen molar-refractivity contribution in [2.24, 2.45) is 10.7 Å². The molecule has 1 aliphatic rings. The summed E-state index contributed by atoms with van der Waals surface area (Å²) in [4.78, 5) is 30.1. The number of rotatable bonds is 11. The molecule has 0 saturated carbocycles. The van der Waals surface area contributed by atoms with Gasteiger partial charge in [-0.1, -0.05) is 30.3 Å². The number of nitrogens with one attached hydrogen (secondary N) is 3. The van der Waals surface area contributed by atoms with Crippen LogP contribution in [0, 0.1) is 20.8 Å². The van der Waals surface area contributed by atoms with E-state index in [1.54, 1.807) is 34.6 Å². The van der Waals surface area contributed by atoms with Gasteiger partial charge >= 0.3 is 6.09 Å². The number of carbonyl (C=O) groups is 2. The molecule has 1 heterocycles. The molecule has 2 unspecified atom stereocenters. The van der Waals surface area contributed by atoms with Gasteiger partial charge in [-0.05, 0) is 104 Å². The van der Waals surface area contributed by atoms with Crippen LogP contribution in [0.2, 0.25) is 0 Å². The van der Waals surface area contributed by atoms with Gasteiger partial charge in [0.05, 0.1) is 4.90 Å². The number of fused-ring (bicyclic) bond motifs is 1. The third-order valence-corrected chi connectivity index (χ3v) is 9.14. The van der Waals surface area contributed by atoms with E-state index in [1.807, 2.05) is 58.0 Å². The molecule has 0 bridgehead atoms. The minimum absolute atomic E-state index is 0.122. The van der Waals surface area contributed by atoms with Crippen LogP contribution < -0.4 is 25.8 Å². The highest BCUT2D eigenvalue weighted by Crippen LogP contribution is 2.43. The Hall–Kier alpha value is -3.80. The van der Waals surface area contributed by atoms with Crippen LogP contribution in [-0.4, -0.2) is 56.2 Å². The van der Waals surface area contributed by atoms with Crippen molar-refractivity contribution < 1.29 is 27.5 Å². The molecule has 0 fully saturated rings. The van der Waals surface area contributed by atoms with Crippen LogP contribution in [0.25, 0.3) is 0 Å². The summed E-state index contributed by atoms with van der Waals surface area (Å²) < 4.78 is 40.8. The van der Waals surface area contributed by atoms with E-state index in [0.29, 0.717) is 30.4 Å². The lowest BCUT2D eigenvalue weighted by atomic mass is 9.94. The van der Waals surface area contributed by atoms with Crippen molar-refractivity contribution in [2.45, 2.75) is 116 Å². The smallest absolute Gasteiger partial charge is 0.408 e. The van der Waals surface area contributed by atoms with Gasteiger partial charge in [-0.2, -0.15) is 0 Å². The molecule has 0 saturated heterocycles. The number of nitrogens with two attached hydrogens (primary N) is 1. The molecule has 0 radical (unpaired) electrons. The van der Waals surface area contributed by atoms with Crippen LogP contribution >= 0.6 is 0 Å². The molecular weight excluding hydrogens is 594 g/mol. The molecule has 3 rings (SSSR count). The molecule has 11 nitrogen and oxygen atoms in total. The summed E-state index contributed by atoms with van der Waals surface area (Å²) in [5.74, 6) is 0.122. The summed E-state index contributed by atoms with van der Waals surface area (Å²) in [7, 11) is -4.04. The fourth-order valence-electron chi connectivity index (χ4n) is 5.44. The molecule has 45 heavy (non-hydrogen) atoms. The third-order valence-electron chi connectivity index (χ3n) is 7.51. The lowest BCUT2D eigenvalue weighted by molar-refractivity contribution is -0.124. The molecular formula is C33H49N5O6S. The van der Waals surface area contributed by atoms with E-state index >= 15 is 0 Å². The van der Waals surface area contributed by atoms with Gasteiger partial charge in [-0.15, -0.1) is 0 Å². The van der Waals surface area contributed by atoms with E-state index in [9.17, 15) is 18.0 Å². The van der Waals surface area contributed by atoms with Crippen molar-refractivity contribution in [1.82, 2.24) is 15.4 Å². The number of guanidine groups is 1. The summed E-state index contributed by atoms with van der Waals surface area (Å²) in [6.45, 7) is 16.6. The van der Waals surface area contributed by atoms with Gasteiger partial charge in [0.15, 0.2) is 0 Å². The lowest BCUT2D eigenvalue weighted by Crippen LogP contribution is -2.50. The van der Waals surface area contributed by atoms with Gasteiger partial charge in [0.25, 0.3) is 10.0 Å². The normalized spacial score (nSPS) is 15.8. The van der Waals surface area contributed by atoms with Gasteiger partial charge < -0.3 is 25.8 Å². The van der Waals surface area contributed by atoms with Crippen LogP contribution in [0.5, 0.6) is 5.75 Å². The average Bonchev–Trinajstić information content (AvgIpc) is 3.24. The van der Waals surface area contributed by atoms with Crippen LogP contribution in [0.15, 0.2) is 40.2 Å². The van der Waals surface area contributed by atoms with Crippen LogP contribution in [0.4, 0.5) is 4.79 Å². The van der Waals surface area contributed by atoms with E-state index < -0.39 is 33.4 Å². The molecule has 2 aromatic carbocycles. The fraction of sp³-hybridized carbons (Fsp3) is 0.545. The maximum Gasteiger partial charge on any atom is 0.408 e. The number of hydrogen-bond donors (Lipinski definition) is 4. The zero-order valence-corrected chi connectivity index (χ0v) is 28.8. The fourth-order valence-corrected chi connectivity index (χ4v) is 6.97. The first-order valence-electron chi connectivity index (χ1n) is 15.3. The largest absolute Gasteiger partial charge is 0.487 e. The Balaban J connectivity index is 1.67. The summed E-state index contributed by atoms with van der Waals surface area (Å²) >= 11 is 0. The first-order valence-corrected chi connectivity index (χ1v) is 16.8. The maximum absolute atomic E-state index is 13.5. The molecule has 2 aromatic rings. The van der Waals surface area contributed by atoms with Crippen molar-refractivity contribution in [2.75, 3.05) is 6.54 Å². The molecule has 2 atom stereocenters. The van der Waals surface area contributed by atoms with Crippen molar-refractivity contribution in [3.63, 3.8) is 0 Å². The molecule has 0 aliphatic carbocycles. The lowest BCUT2D eigenvalue weighted by Gasteiger charge is -2.24. The second kappa shape index (κ2) is 14.1. The molecule has 2 amide bonds. The van der Waals surface area contributed by atoms with Crippen LogP contribution in [0.1, 0.15) is 82.2 Å². The van der Waals surface area contributed by atoms with Gasteiger partial charge in [-0.25, -0.2) is 17.9 Å². The number of ether oxygens (including phenoxy) is 2. The van der Waals surface area contributed by atoms with Gasteiger partial charge in [0.1, 0.15) is 23.0 Å². The Morgan fingerprint density at radius 3 is 2.33 bits per heavy atom. The first kappa shape index (κ1) is 35.7. The van der Waals surface area contributed by atoms with Crippen molar-refractivity contribution in [1.29, 1.82) is 0 Å². The molecule has 0 aromatic heterocycles. The van der Waals surface area contributed by atoms with E-state index in [1.165, 1.54) is 0 Å². The van der Waals surface area contributed by atoms with E-state index in [-0.39, 0.29) is 35.8 Å². The number of sulfonamides is 1. The Bertz CT molecular complexity index is 1530. The Morgan fingerprint density at radius 1 is 1.07 bits per heavy atom. The van der Waals surface area contributed by atoms with Crippen molar-refractivity contribution in [3.05, 3.63) is 58.1 Å². The van der Waals surface area contributed by atoms with Gasteiger partial charge in [0.2, 0.25) is 11.9 Å². The molecule has 0 spiro atoms. The number of amides is 2. The summed E-state index contributed by atoms with van der Waals surface area (Å²) in [6.07, 6.45) is 1.08. The summed E-state index contributed by atoms with van der Waals surface area (Å²) in [5, 5.41) is 5.62. The third kappa shape index (κ3) is 9.84. The number of aliphatic imine (C=N–C) groups is 1. The maximum atomic E-state index is 13.5. The predicted octanol–water partition coefficient (Wildman–Crippen LogP) is 4.34. The Kier molecular flexibility index (Phi) is 11.2. The highest BCUT2D eigenvalue weighted by Gasteiger charge is 2.36. The first-order chi connectivity index (χ1) is 20.8. The van der Waals surface area contributed by atoms with E-state index in [0.717, 1.165) is 22.4 Å². The number of alkyl carbamates (subject to hydrolysis) is 1. The topological polar surface area (TPSA) is 161 Å². The Labute approximate surface area is 267 Å². The molecule has 248 valence electrons. The second-order valence-electron chi connectivity index (χ2n) is 13.4. The molecule has 12 heteroatoms. The standard InChI is InChI=1S/C33H49N5O6S/c1-20(18-24-14-11-10-12-15-24)36-29(39)26(37-31(40)44-32(5,6)7)16-13-17-35-30(34)38-45(41,42)28-22(3)21(2)27-25(23(28)4)19-33(8,9)43-27/h10-12,14-15,20,26H,13,16-19H2,1-9H3,(H,36,39)(H,37,40)(H3,34,35,38). The Morgan fingerprint density at radius 2 is 1.71 bits per heavy atom. The minimum atomic E-state index is -4.04. The highest BCUT2D eigenvalue weighted by molar-refractivity contribution is 7.90. The quantitative estimate of drug-likeness (QED) is 0.161. The van der Waals surface area contributed by atoms with Crippen molar-refractivity contribution >= 4 is 28.0 Å². The van der Waals surface area contributed by atoms with E-state index in [2.05, 4.69) is 20.3 Å². The summed E-state index contributed by atoms with van der Waals surface area (Å²) in [5.41, 5.74) is 8.81. The number of nitrogens with zero attached hydrogens (tertiary/aromatic N) is 1. The van der Waals surface area contributed by atoms with Crippen molar-refractivity contribution in [3.8, 4) is 5.75 Å². The molecule has 1 aliphatic heterocycles. The molecule has 5 N–H and O–H groups in total. The van der Waals surface area contributed by atoms with E-state index in [4.69, 9.17) is 15.2 Å². The summed E-state index contributed by atoms with van der Waals surface area (Å²) in [6, 6.07) is 8.70. The highest BCUT2D eigenvalue weighted by atomic mass is 32.2. The second-order valence-corrected chi connectivity index (χ2v) is 15.0. The monoisotopic (exact) mass is 643 g/mol. The van der Waals surface area contributed by atoms with Gasteiger partial charge in [0, 0.05) is 24.6 Å². The predicted molar refractivity (Wildman–Crippen MR) is 176 cm³/mol. The number of hydrogen-bond acceptors (Lipinski definition) is 7. The van der Waals surface area contributed by atoms with Crippen LogP contribution in [0.3, 0.4) is 0 Å².